The summed E-state index contributed by atoms with van der Waals surface area (Å²) in [5.41, 5.74) is 4.33. The maximum absolute atomic E-state index is 12.4. The van der Waals surface area contributed by atoms with Gasteiger partial charge in [-0.15, -0.1) is 0 Å². The highest BCUT2D eigenvalue weighted by atomic mass is 16.5. The van der Waals surface area contributed by atoms with Gasteiger partial charge in [0.15, 0.2) is 0 Å². The van der Waals surface area contributed by atoms with Crippen LogP contribution in [0.5, 0.6) is 5.75 Å². The van der Waals surface area contributed by atoms with Crippen molar-refractivity contribution < 1.29 is 9.53 Å². The van der Waals surface area contributed by atoms with Crippen LogP contribution in [0.15, 0.2) is 66.9 Å². The monoisotopic (exact) mass is 347 g/mol. The molecule has 1 amide bonds. The van der Waals surface area contributed by atoms with Gasteiger partial charge in [-0.2, -0.15) is 0 Å². The molecular formula is C21H21N3O2. The van der Waals surface area contributed by atoms with Gasteiger partial charge in [0.2, 0.25) is 0 Å². The molecule has 2 aromatic carbocycles. The van der Waals surface area contributed by atoms with Crippen LogP contribution in [-0.4, -0.2) is 18.0 Å². The molecule has 0 atom stereocenters. The number of anilines is 2. The highest BCUT2D eigenvalue weighted by Crippen LogP contribution is 2.20. The Kier molecular flexibility index (Phi) is 5.49. The lowest BCUT2D eigenvalue weighted by molar-refractivity contribution is 0.0946. The zero-order valence-corrected chi connectivity index (χ0v) is 14.8. The molecule has 0 bridgehead atoms. The molecule has 0 radical (unpaired) electrons. The van der Waals surface area contributed by atoms with Crippen molar-refractivity contribution in [2.75, 3.05) is 12.4 Å². The first-order valence-electron chi connectivity index (χ1n) is 8.35. The Labute approximate surface area is 153 Å². The molecule has 132 valence electrons. The maximum atomic E-state index is 12.4. The van der Waals surface area contributed by atoms with E-state index in [1.807, 2.05) is 61.5 Å². The van der Waals surface area contributed by atoms with Crippen LogP contribution < -0.4 is 15.4 Å². The summed E-state index contributed by atoms with van der Waals surface area (Å²) in [5, 5.41) is 6.21. The summed E-state index contributed by atoms with van der Waals surface area (Å²) in [6.07, 6.45) is 1.63. The Morgan fingerprint density at radius 1 is 1.08 bits per heavy atom. The van der Waals surface area contributed by atoms with Crippen molar-refractivity contribution in [2.24, 2.45) is 0 Å². The predicted molar refractivity (Wildman–Crippen MR) is 103 cm³/mol. The molecule has 2 N–H and O–H groups in total. The summed E-state index contributed by atoms with van der Waals surface area (Å²) in [5.74, 6) is 0.575. The van der Waals surface area contributed by atoms with Crippen LogP contribution in [0.25, 0.3) is 0 Å². The van der Waals surface area contributed by atoms with Gasteiger partial charge in [-0.05, 0) is 48.4 Å². The fourth-order valence-electron chi connectivity index (χ4n) is 2.52. The summed E-state index contributed by atoms with van der Waals surface area (Å²) < 4.78 is 5.13. The highest BCUT2D eigenvalue weighted by molar-refractivity contribution is 5.93. The van der Waals surface area contributed by atoms with E-state index in [0.29, 0.717) is 12.2 Å². The molecule has 5 nitrogen and oxygen atoms in total. The van der Waals surface area contributed by atoms with E-state index in [0.717, 1.165) is 28.3 Å². The number of rotatable bonds is 6. The largest absolute Gasteiger partial charge is 0.497 e. The molecule has 0 aliphatic rings. The number of para-hydroxylation sites is 1. The number of carbonyl (C=O) groups excluding carboxylic acids is 1. The van der Waals surface area contributed by atoms with E-state index in [-0.39, 0.29) is 5.91 Å². The van der Waals surface area contributed by atoms with Crippen LogP contribution in [0.4, 0.5) is 11.4 Å². The molecule has 0 aliphatic heterocycles. The van der Waals surface area contributed by atoms with Gasteiger partial charge in [-0.3, -0.25) is 9.78 Å². The number of methoxy groups -OCH3 is 1. The minimum Gasteiger partial charge on any atom is -0.497 e. The first kappa shape index (κ1) is 17.5. The maximum Gasteiger partial charge on any atom is 0.270 e. The van der Waals surface area contributed by atoms with Crippen LogP contribution in [0.2, 0.25) is 0 Å². The molecule has 5 heteroatoms. The van der Waals surface area contributed by atoms with Crippen LogP contribution >= 0.6 is 0 Å². The van der Waals surface area contributed by atoms with Gasteiger partial charge in [0.25, 0.3) is 5.91 Å². The second kappa shape index (κ2) is 8.16. The van der Waals surface area contributed by atoms with Crippen molar-refractivity contribution in [1.82, 2.24) is 10.3 Å². The van der Waals surface area contributed by atoms with Crippen molar-refractivity contribution in [2.45, 2.75) is 13.5 Å². The van der Waals surface area contributed by atoms with E-state index < -0.39 is 0 Å². The number of hydrogen-bond acceptors (Lipinski definition) is 4. The summed E-state index contributed by atoms with van der Waals surface area (Å²) in [6, 6.07) is 19.2. The van der Waals surface area contributed by atoms with E-state index in [4.69, 9.17) is 4.74 Å². The Morgan fingerprint density at radius 3 is 2.58 bits per heavy atom. The standard InChI is InChI=1S/C21H21N3O2/c1-15-5-3-4-6-19(15)24-17-11-12-22-20(13-17)21(25)23-14-16-7-9-18(26-2)10-8-16/h3-13H,14H2,1-2H3,(H,22,24)(H,23,25). The first-order chi connectivity index (χ1) is 12.7. The molecule has 1 aromatic heterocycles. The van der Waals surface area contributed by atoms with E-state index in [9.17, 15) is 4.79 Å². The van der Waals surface area contributed by atoms with Gasteiger partial charge >= 0.3 is 0 Å². The number of hydrogen-bond donors (Lipinski definition) is 2. The molecule has 3 aromatic rings. The third kappa shape index (κ3) is 4.39. The number of carbonyl (C=O) groups is 1. The average molecular weight is 347 g/mol. The fraction of sp³-hybridized carbons (Fsp3) is 0.143. The Hall–Kier alpha value is -3.34. The quantitative estimate of drug-likeness (QED) is 0.705. The zero-order chi connectivity index (χ0) is 18.4. The average Bonchev–Trinajstić information content (AvgIpc) is 2.68. The third-order valence-electron chi connectivity index (χ3n) is 4.03. The first-order valence-corrected chi connectivity index (χ1v) is 8.35. The number of nitrogens with one attached hydrogen (secondary N) is 2. The SMILES string of the molecule is COc1ccc(CNC(=O)c2cc(Nc3ccccc3C)ccn2)cc1. The van der Waals surface area contributed by atoms with Crippen LogP contribution in [0, 0.1) is 6.92 Å². The van der Waals surface area contributed by atoms with Crippen molar-refractivity contribution >= 4 is 17.3 Å². The van der Waals surface area contributed by atoms with Gasteiger partial charge < -0.3 is 15.4 Å². The molecule has 0 saturated carbocycles. The Bertz CT molecular complexity index is 892. The number of amides is 1. The fourth-order valence-corrected chi connectivity index (χ4v) is 2.52. The number of ether oxygens (including phenoxy) is 1. The molecule has 26 heavy (non-hydrogen) atoms. The Balaban J connectivity index is 1.65. The number of nitrogens with zero attached hydrogens (tertiary/aromatic N) is 1. The summed E-state index contributed by atoms with van der Waals surface area (Å²) in [7, 11) is 1.63. The van der Waals surface area contributed by atoms with Crippen LogP contribution in [0.3, 0.4) is 0 Å². The molecule has 0 aliphatic carbocycles. The van der Waals surface area contributed by atoms with Gasteiger partial charge in [0.1, 0.15) is 11.4 Å². The number of aryl methyl sites for hydroxylation is 1. The molecule has 0 unspecified atom stereocenters. The minimum atomic E-state index is -0.214. The van der Waals surface area contributed by atoms with Gasteiger partial charge in [-0.1, -0.05) is 30.3 Å². The zero-order valence-electron chi connectivity index (χ0n) is 14.8. The lowest BCUT2D eigenvalue weighted by atomic mass is 10.2. The van der Waals surface area contributed by atoms with E-state index in [1.54, 1.807) is 19.4 Å². The van der Waals surface area contributed by atoms with E-state index >= 15 is 0 Å². The van der Waals surface area contributed by atoms with Crippen molar-refractivity contribution in [1.29, 1.82) is 0 Å². The topological polar surface area (TPSA) is 63.2 Å². The summed E-state index contributed by atoms with van der Waals surface area (Å²) >= 11 is 0. The lowest BCUT2D eigenvalue weighted by Crippen LogP contribution is -2.23. The molecule has 0 spiro atoms. The van der Waals surface area contributed by atoms with Gasteiger partial charge in [-0.25, -0.2) is 0 Å². The number of aromatic nitrogens is 1. The molecule has 0 saturated heterocycles. The predicted octanol–water partition coefficient (Wildman–Crippen LogP) is 4.07. The number of benzene rings is 2. The molecule has 3 rings (SSSR count). The lowest BCUT2D eigenvalue weighted by Gasteiger charge is -2.10. The van der Waals surface area contributed by atoms with Crippen molar-refractivity contribution in [3.8, 4) is 5.75 Å². The third-order valence-corrected chi connectivity index (χ3v) is 4.03. The molecule has 1 heterocycles. The van der Waals surface area contributed by atoms with Crippen LogP contribution in [-0.2, 0) is 6.54 Å². The smallest absolute Gasteiger partial charge is 0.270 e. The Morgan fingerprint density at radius 2 is 1.85 bits per heavy atom. The van der Waals surface area contributed by atoms with Gasteiger partial charge in [0.05, 0.1) is 7.11 Å². The van der Waals surface area contributed by atoms with E-state index in [2.05, 4.69) is 15.6 Å². The molecule has 0 fully saturated rings. The van der Waals surface area contributed by atoms with Crippen molar-refractivity contribution in [3.05, 3.63) is 83.7 Å². The summed E-state index contributed by atoms with van der Waals surface area (Å²) in [4.78, 5) is 16.6. The second-order valence-electron chi connectivity index (χ2n) is 5.90. The summed E-state index contributed by atoms with van der Waals surface area (Å²) in [6.45, 7) is 2.46. The van der Waals surface area contributed by atoms with Gasteiger partial charge in [0, 0.05) is 24.1 Å². The van der Waals surface area contributed by atoms with E-state index in [1.165, 1.54) is 0 Å². The number of pyridine rings is 1. The van der Waals surface area contributed by atoms with Crippen LogP contribution in [0.1, 0.15) is 21.6 Å². The minimum absolute atomic E-state index is 0.214. The second-order valence-corrected chi connectivity index (χ2v) is 5.90. The van der Waals surface area contributed by atoms with Crippen molar-refractivity contribution in [3.63, 3.8) is 0 Å². The molecular weight excluding hydrogens is 326 g/mol. The highest BCUT2D eigenvalue weighted by Gasteiger charge is 2.08. The normalized spacial score (nSPS) is 10.2.